The van der Waals surface area contributed by atoms with Gasteiger partial charge in [0, 0.05) is 18.5 Å². The maximum atomic E-state index is 13.7. The Balaban J connectivity index is 1.92. The van der Waals surface area contributed by atoms with E-state index in [0.717, 1.165) is 24.5 Å². The first-order valence-corrected chi connectivity index (χ1v) is 9.79. The summed E-state index contributed by atoms with van der Waals surface area (Å²) < 4.78 is 57.6. The smallest absolute Gasteiger partial charge is 0.251 e. The largest absolute Gasteiger partial charge is 0.487 e. The topological polar surface area (TPSA) is 104 Å². The van der Waals surface area contributed by atoms with E-state index >= 15 is 0 Å². The van der Waals surface area contributed by atoms with Gasteiger partial charge in [0.2, 0.25) is 0 Å². The van der Waals surface area contributed by atoms with Crippen LogP contribution in [0.1, 0.15) is 15.9 Å². The van der Waals surface area contributed by atoms with Crippen molar-refractivity contribution in [2.45, 2.75) is 11.5 Å². The van der Waals surface area contributed by atoms with E-state index in [1.165, 1.54) is 35.3 Å². The number of carbonyl (C=O) groups is 1. The number of hydrogen-bond acceptors (Lipinski definition) is 5. The molecule has 1 heterocycles. The van der Waals surface area contributed by atoms with E-state index in [2.05, 4.69) is 5.10 Å². The number of amides is 1. The fourth-order valence-electron chi connectivity index (χ4n) is 2.45. The molecule has 1 amide bonds. The van der Waals surface area contributed by atoms with Crippen molar-refractivity contribution in [3.05, 3.63) is 71.6 Å². The Kier molecular flexibility index (Phi) is 5.14. The highest BCUT2D eigenvalue weighted by atomic mass is 32.2. The molecule has 0 unspecified atom stereocenters. The number of aromatic nitrogens is 2. The molecule has 2 aromatic carbocycles. The summed E-state index contributed by atoms with van der Waals surface area (Å²) in [5.41, 5.74) is 5.91. The van der Waals surface area contributed by atoms with Gasteiger partial charge in [-0.2, -0.15) is 5.10 Å². The Morgan fingerprint density at radius 2 is 1.93 bits per heavy atom. The van der Waals surface area contributed by atoms with Crippen LogP contribution in [0.3, 0.4) is 0 Å². The van der Waals surface area contributed by atoms with Gasteiger partial charge in [0.15, 0.2) is 9.84 Å². The van der Waals surface area contributed by atoms with E-state index in [4.69, 9.17) is 10.5 Å². The van der Waals surface area contributed by atoms with Crippen molar-refractivity contribution >= 4 is 15.7 Å². The number of sulfone groups is 1. The Morgan fingerprint density at radius 3 is 2.57 bits per heavy atom. The molecule has 0 aliphatic rings. The summed E-state index contributed by atoms with van der Waals surface area (Å²) in [5.74, 6) is -1.94. The van der Waals surface area contributed by atoms with Crippen LogP contribution in [0.25, 0.3) is 5.69 Å². The van der Waals surface area contributed by atoms with Gasteiger partial charge in [0.1, 0.15) is 29.7 Å². The third kappa shape index (κ3) is 4.34. The summed E-state index contributed by atoms with van der Waals surface area (Å²) in [6, 6.07) is 6.95. The van der Waals surface area contributed by atoms with Crippen LogP contribution in [-0.4, -0.2) is 30.4 Å². The first-order chi connectivity index (χ1) is 13.1. The number of nitrogens with two attached hydrogens (primary N) is 1. The second-order valence-electron chi connectivity index (χ2n) is 6.01. The van der Waals surface area contributed by atoms with Crippen molar-refractivity contribution in [3.8, 4) is 11.4 Å². The number of carbonyl (C=O) groups excluding carboxylic acids is 1. The van der Waals surface area contributed by atoms with Crippen LogP contribution in [0, 0.1) is 11.6 Å². The summed E-state index contributed by atoms with van der Waals surface area (Å²) >= 11 is 0. The molecule has 28 heavy (non-hydrogen) atoms. The highest BCUT2D eigenvalue weighted by Crippen LogP contribution is 2.25. The first-order valence-electron chi connectivity index (χ1n) is 7.90. The van der Waals surface area contributed by atoms with Crippen LogP contribution in [0.2, 0.25) is 0 Å². The van der Waals surface area contributed by atoms with Crippen molar-refractivity contribution in [1.82, 2.24) is 9.78 Å². The lowest BCUT2D eigenvalue weighted by molar-refractivity contribution is 0.1000. The number of hydrogen-bond donors (Lipinski definition) is 1. The second kappa shape index (κ2) is 7.39. The van der Waals surface area contributed by atoms with Gasteiger partial charge in [0.05, 0.1) is 16.7 Å². The maximum Gasteiger partial charge on any atom is 0.251 e. The summed E-state index contributed by atoms with van der Waals surface area (Å²) in [4.78, 5) is 11.0. The van der Waals surface area contributed by atoms with Crippen LogP contribution in [0.15, 0.2) is 53.7 Å². The molecule has 2 N–H and O–H groups in total. The SMILES string of the molecule is CS(=O)(=O)c1cc(F)cc(COc2cc(F)ccc2-n2cc(C(N)=O)cn2)c1. The first kappa shape index (κ1) is 19.5. The molecule has 7 nitrogen and oxygen atoms in total. The maximum absolute atomic E-state index is 13.7. The zero-order valence-electron chi connectivity index (χ0n) is 14.6. The molecule has 146 valence electrons. The molecule has 0 fully saturated rings. The van der Waals surface area contributed by atoms with E-state index in [1.54, 1.807) is 0 Å². The molecule has 1 aromatic heterocycles. The number of halogens is 2. The number of benzene rings is 2. The van der Waals surface area contributed by atoms with Gasteiger partial charge < -0.3 is 10.5 Å². The summed E-state index contributed by atoms with van der Waals surface area (Å²) in [7, 11) is -3.61. The van der Waals surface area contributed by atoms with E-state index in [-0.39, 0.29) is 28.4 Å². The Hall–Kier alpha value is -3.27. The van der Waals surface area contributed by atoms with Crippen LogP contribution in [0.4, 0.5) is 8.78 Å². The van der Waals surface area contributed by atoms with E-state index in [9.17, 15) is 22.0 Å². The predicted octanol–water partition coefficient (Wildman–Crippen LogP) is 2.23. The minimum Gasteiger partial charge on any atom is -0.487 e. The third-order valence-corrected chi connectivity index (χ3v) is 4.88. The van der Waals surface area contributed by atoms with Crippen molar-refractivity contribution in [1.29, 1.82) is 0 Å². The van der Waals surface area contributed by atoms with Crippen molar-refractivity contribution in [2.75, 3.05) is 6.26 Å². The molecule has 10 heteroatoms. The molecule has 0 bridgehead atoms. The minimum absolute atomic E-state index is 0.0595. The highest BCUT2D eigenvalue weighted by Gasteiger charge is 2.14. The molecule has 3 aromatic rings. The standard InChI is InChI=1S/C18H15F2N3O4S/c1-28(25,26)15-5-11(4-14(20)6-15)10-27-17-7-13(19)2-3-16(17)23-9-12(8-22-23)18(21)24/h2-9H,10H2,1H3,(H2,21,24). The number of nitrogens with zero attached hydrogens (tertiary/aromatic N) is 2. The molecule has 0 saturated carbocycles. The molecule has 0 aliphatic carbocycles. The number of primary amides is 1. The lowest BCUT2D eigenvalue weighted by atomic mass is 10.2. The average molecular weight is 407 g/mol. The number of ether oxygens (including phenoxy) is 1. The summed E-state index contributed by atoms with van der Waals surface area (Å²) in [6.07, 6.45) is 3.57. The Labute approximate surface area is 159 Å². The van der Waals surface area contributed by atoms with Crippen LogP contribution >= 0.6 is 0 Å². The van der Waals surface area contributed by atoms with Gasteiger partial charge >= 0.3 is 0 Å². The molecule has 0 aliphatic heterocycles. The normalized spacial score (nSPS) is 11.4. The summed E-state index contributed by atoms with van der Waals surface area (Å²) in [6.45, 7) is -0.222. The fourth-order valence-corrected chi connectivity index (χ4v) is 3.15. The Bertz CT molecular complexity index is 1160. The molecular formula is C18H15F2N3O4S. The van der Waals surface area contributed by atoms with E-state index < -0.39 is 27.4 Å². The molecule has 0 saturated heterocycles. The summed E-state index contributed by atoms with van der Waals surface area (Å²) in [5, 5.41) is 3.99. The van der Waals surface area contributed by atoms with Crippen LogP contribution in [0.5, 0.6) is 5.75 Å². The van der Waals surface area contributed by atoms with Crippen LogP contribution < -0.4 is 10.5 Å². The molecule has 0 atom stereocenters. The third-order valence-electron chi connectivity index (χ3n) is 3.79. The van der Waals surface area contributed by atoms with Gasteiger partial charge in [-0.1, -0.05) is 0 Å². The molecule has 0 radical (unpaired) electrons. The van der Waals surface area contributed by atoms with Crippen molar-refractivity contribution in [2.24, 2.45) is 5.73 Å². The van der Waals surface area contributed by atoms with Crippen molar-refractivity contribution in [3.63, 3.8) is 0 Å². The average Bonchev–Trinajstić information content (AvgIpc) is 3.09. The monoisotopic (exact) mass is 407 g/mol. The van der Waals surface area contributed by atoms with Gasteiger partial charge in [-0.25, -0.2) is 21.9 Å². The lowest BCUT2D eigenvalue weighted by Gasteiger charge is -2.12. The van der Waals surface area contributed by atoms with Crippen LogP contribution in [-0.2, 0) is 16.4 Å². The zero-order chi connectivity index (χ0) is 20.5. The van der Waals surface area contributed by atoms with E-state index in [0.29, 0.717) is 5.69 Å². The highest BCUT2D eigenvalue weighted by molar-refractivity contribution is 7.90. The lowest BCUT2D eigenvalue weighted by Crippen LogP contribution is -2.09. The quantitative estimate of drug-likeness (QED) is 0.675. The second-order valence-corrected chi connectivity index (χ2v) is 8.02. The van der Waals surface area contributed by atoms with Gasteiger partial charge in [-0.05, 0) is 35.9 Å². The van der Waals surface area contributed by atoms with Gasteiger partial charge in [0.25, 0.3) is 5.91 Å². The van der Waals surface area contributed by atoms with Gasteiger partial charge in [-0.3, -0.25) is 4.79 Å². The predicted molar refractivity (Wildman–Crippen MR) is 95.9 cm³/mol. The Morgan fingerprint density at radius 1 is 1.18 bits per heavy atom. The molecule has 0 spiro atoms. The van der Waals surface area contributed by atoms with E-state index in [1.807, 2.05) is 0 Å². The fraction of sp³-hybridized carbons (Fsp3) is 0.111. The molecule has 3 rings (SSSR count). The van der Waals surface area contributed by atoms with Crippen molar-refractivity contribution < 1.29 is 26.7 Å². The van der Waals surface area contributed by atoms with Gasteiger partial charge in [-0.15, -0.1) is 0 Å². The molecular weight excluding hydrogens is 392 g/mol. The minimum atomic E-state index is -3.61. The zero-order valence-corrected chi connectivity index (χ0v) is 15.4. The number of rotatable bonds is 6.